The average molecular weight is 268 g/mol. The highest BCUT2D eigenvalue weighted by Gasteiger charge is 2.04. The van der Waals surface area contributed by atoms with Crippen molar-refractivity contribution < 1.29 is 24.2 Å². The number of hydrogen-bond donors (Lipinski definition) is 3. The van der Waals surface area contributed by atoms with Crippen LogP contribution in [0.1, 0.15) is 0 Å². The number of aliphatic hydroxyl groups is 1. The van der Waals surface area contributed by atoms with Crippen molar-refractivity contribution in [3.05, 3.63) is 24.3 Å². The molecule has 0 unspecified atom stereocenters. The summed E-state index contributed by atoms with van der Waals surface area (Å²) in [7, 11) is 1.44. The lowest BCUT2D eigenvalue weighted by Gasteiger charge is -2.07. The second-order valence-electron chi connectivity index (χ2n) is 3.54. The van der Waals surface area contributed by atoms with Crippen molar-refractivity contribution in [3.63, 3.8) is 0 Å². The van der Waals surface area contributed by atoms with Gasteiger partial charge in [0.2, 0.25) is 5.91 Å². The van der Waals surface area contributed by atoms with Gasteiger partial charge in [0.25, 0.3) is 0 Å². The van der Waals surface area contributed by atoms with Gasteiger partial charge in [0, 0.05) is 18.5 Å². The lowest BCUT2D eigenvalue weighted by Crippen LogP contribution is -2.17. The molecule has 1 aromatic carbocycles. The molecule has 0 heterocycles. The summed E-state index contributed by atoms with van der Waals surface area (Å²) in [5.74, 6) is -0.259. The maximum Gasteiger partial charge on any atom is 0.411 e. The van der Waals surface area contributed by atoms with Crippen molar-refractivity contribution in [2.75, 3.05) is 37.6 Å². The van der Waals surface area contributed by atoms with E-state index in [0.29, 0.717) is 11.4 Å². The molecule has 0 aromatic heterocycles. The highest BCUT2D eigenvalue weighted by atomic mass is 16.6. The number of hydrogen-bond acceptors (Lipinski definition) is 5. The summed E-state index contributed by atoms with van der Waals surface area (Å²) >= 11 is 0. The highest BCUT2D eigenvalue weighted by molar-refractivity contribution is 5.92. The predicted molar refractivity (Wildman–Crippen MR) is 69.0 cm³/mol. The van der Waals surface area contributed by atoms with Gasteiger partial charge in [0.15, 0.2) is 0 Å². The smallest absolute Gasteiger partial charge is 0.411 e. The molecule has 0 fully saturated rings. The molecule has 19 heavy (non-hydrogen) atoms. The highest BCUT2D eigenvalue weighted by Crippen LogP contribution is 2.13. The lowest BCUT2D eigenvalue weighted by atomic mass is 10.3. The summed E-state index contributed by atoms with van der Waals surface area (Å²) in [5.41, 5.74) is 1.11. The molecular formula is C12H16N2O5. The van der Waals surface area contributed by atoms with Crippen LogP contribution in [-0.2, 0) is 14.3 Å². The zero-order chi connectivity index (χ0) is 14.1. The number of methoxy groups -OCH3 is 1. The third-order valence-corrected chi connectivity index (χ3v) is 2.01. The number of nitrogens with one attached hydrogen (secondary N) is 2. The molecule has 0 saturated carbocycles. The monoisotopic (exact) mass is 268 g/mol. The molecule has 0 spiro atoms. The standard InChI is InChI=1S/C12H16N2O5/c1-18-8-11(16)13-9-2-4-10(5-3-9)14-12(17)19-7-6-15/h2-5,15H,6-8H2,1H3,(H,13,16)(H,14,17). The fourth-order valence-electron chi connectivity index (χ4n) is 1.26. The van der Waals surface area contributed by atoms with Gasteiger partial charge < -0.3 is 19.9 Å². The van der Waals surface area contributed by atoms with E-state index in [9.17, 15) is 9.59 Å². The molecule has 2 amide bonds. The van der Waals surface area contributed by atoms with Crippen LogP contribution < -0.4 is 10.6 Å². The Kier molecular flexibility index (Phi) is 6.34. The number of ether oxygens (including phenoxy) is 2. The quantitative estimate of drug-likeness (QED) is 0.709. The molecule has 104 valence electrons. The largest absolute Gasteiger partial charge is 0.447 e. The summed E-state index contributed by atoms with van der Waals surface area (Å²) in [6.07, 6.45) is -0.648. The van der Waals surface area contributed by atoms with Crippen molar-refractivity contribution >= 4 is 23.4 Å². The van der Waals surface area contributed by atoms with E-state index < -0.39 is 6.09 Å². The maximum atomic E-state index is 11.2. The van der Waals surface area contributed by atoms with Crippen LogP contribution in [0.3, 0.4) is 0 Å². The normalized spacial score (nSPS) is 9.79. The van der Waals surface area contributed by atoms with Crippen LogP contribution in [0.15, 0.2) is 24.3 Å². The van der Waals surface area contributed by atoms with Crippen LogP contribution in [0.4, 0.5) is 16.2 Å². The van der Waals surface area contributed by atoms with Crippen LogP contribution in [-0.4, -0.2) is 44.0 Å². The topological polar surface area (TPSA) is 96.9 Å². The Hall–Kier alpha value is -2.12. The van der Waals surface area contributed by atoms with E-state index in [0.717, 1.165) is 0 Å². The molecule has 0 aliphatic carbocycles. The van der Waals surface area contributed by atoms with Gasteiger partial charge in [0.05, 0.1) is 6.61 Å². The van der Waals surface area contributed by atoms with Crippen molar-refractivity contribution in [1.29, 1.82) is 0 Å². The molecule has 0 radical (unpaired) electrons. The van der Waals surface area contributed by atoms with E-state index in [4.69, 9.17) is 5.11 Å². The number of rotatable bonds is 6. The molecule has 1 aromatic rings. The maximum absolute atomic E-state index is 11.2. The van der Waals surface area contributed by atoms with Gasteiger partial charge in [-0.1, -0.05) is 0 Å². The summed E-state index contributed by atoms with van der Waals surface area (Å²) in [6.45, 7) is -0.303. The van der Waals surface area contributed by atoms with E-state index in [1.165, 1.54) is 7.11 Å². The molecule has 0 saturated heterocycles. The van der Waals surface area contributed by atoms with E-state index >= 15 is 0 Å². The number of amides is 2. The minimum absolute atomic E-state index is 0.0204. The second-order valence-corrected chi connectivity index (χ2v) is 3.54. The number of aliphatic hydroxyl groups excluding tert-OH is 1. The number of carbonyl (C=O) groups excluding carboxylic acids is 2. The fourth-order valence-corrected chi connectivity index (χ4v) is 1.26. The van der Waals surface area contributed by atoms with Crippen molar-refractivity contribution in [3.8, 4) is 0 Å². The molecule has 0 aliphatic rings. The van der Waals surface area contributed by atoms with E-state index in [2.05, 4.69) is 20.1 Å². The molecule has 0 atom stereocenters. The van der Waals surface area contributed by atoms with E-state index in [1.807, 2.05) is 0 Å². The molecular weight excluding hydrogens is 252 g/mol. The SMILES string of the molecule is COCC(=O)Nc1ccc(NC(=O)OCCO)cc1. The molecule has 3 N–H and O–H groups in total. The molecule has 7 heteroatoms. The molecule has 1 rings (SSSR count). The minimum Gasteiger partial charge on any atom is -0.447 e. The first kappa shape index (κ1) is 14.9. The second kappa shape index (κ2) is 8.06. The first-order valence-electron chi connectivity index (χ1n) is 5.59. The summed E-state index contributed by atoms with van der Waals surface area (Å²) in [6, 6.07) is 6.50. The minimum atomic E-state index is -0.648. The van der Waals surface area contributed by atoms with Crippen LogP contribution in [0.5, 0.6) is 0 Å². The Morgan fingerprint density at radius 1 is 1.16 bits per heavy atom. The number of benzene rings is 1. The van der Waals surface area contributed by atoms with Crippen molar-refractivity contribution in [1.82, 2.24) is 0 Å². The van der Waals surface area contributed by atoms with Crippen molar-refractivity contribution in [2.45, 2.75) is 0 Å². The van der Waals surface area contributed by atoms with Gasteiger partial charge in [-0.25, -0.2) is 4.79 Å². The Bertz CT molecular complexity index is 419. The average Bonchev–Trinajstić information content (AvgIpc) is 2.39. The molecule has 0 aliphatic heterocycles. The summed E-state index contributed by atoms with van der Waals surface area (Å²) in [5, 5.41) is 13.6. The van der Waals surface area contributed by atoms with Crippen LogP contribution in [0, 0.1) is 0 Å². The van der Waals surface area contributed by atoms with E-state index in [-0.39, 0.29) is 25.7 Å². The first-order valence-corrected chi connectivity index (χ1v) is 5.59. The molecule has 7 nitrogen and oxygen atoms in total. The Morgan fingerprint density at radius 3 is 2.26 bits per heavy atom. The Balaban J connectivity index is 2.47. The zero-order valence-electron chi connectivity index (χ0n) is 10.5. The van der Waals surface area contributed by atoms with Gasteiger partial charge in [-0.3, -0.25) is 10.1 Å². The summed E-state index contributed by atoms with van der Waals surface area (Å²) < 4.78 is 9.32. The van der Waals surface area contributed by atoms with E-state index in [1.54, 1.807) is 24.3 Å². The van der Waals surface area contributed by atoms with Crippen molar-refractivity contribution in [2.24, 2.45) is 0 Å². The number of carbonyl (C=O) groups is 2. The lowest BCUT2D eigenvalue weighted by molar-refractivity contribution is -0.119. The predicted octanol–water partition coefficient (Wildman–Crippen LogP) is 0.812. The third-order valence-electron chi connectivity index (χ3n) is 2.01. The Labute approximate surface area is 110 Å². The Morgan fingerprint density at radius 2 is 1.74 bits per heavy atom. The van der Waals surface area contributed by atoms with Gasteiger partial charge in [-0.15, -0.1) is 0 Å². The zero-order valence-corrected chi connectivity index (χ0v) is 10.5. The third kappa shape index (κ3) is 5.84. The van der Waals surface area contributed by atoms with Crippen LogP contribution >= 0.6 is 0 Å². The van der Waals surface area contributed by atoms with Gasteiger partial charge >= 0.3 is 6.09 Å². The van der Waals surface area contributed by atoms with Crippen LogP contribution in [0.25, 0.3) is 0 Å². The van der Waals surface area contributed by atoms with Gasteiger partial charge in [-0.2, -0.15) is 0 Å². The molecule has 0 bridgehead atoms. The fraction of sp³-hybridized carbons (Fsp3) is 0.333. The summed E-state index contributed by atoms with van der Waals surface area (Å²) in [4.78, 5) is 22.4. The van der Waals surface area contributed by atoms with Crippen LogP contribution in [0.2, 0.25) is 0 Å². The van der Waals surface area contributed by atoms with Gasteiger partial charge in [-0.05, 0) is 24.3 Å². The van der Waals surface area contributed by atoms with Gasteiger partial charge in [0.1, 0.15) is 13.2 Å². The first-order chi connectivity index (χ1) is 9.15. The number of anilines is 2.